The van der Waals surface area contributed by atoms with E-state index >= 15 is 0 Å². The number of nitrogens with two attached hydrogens (primary N) is 1. The zero-order valence-corrected chi connectivity index (χ0v) is 24.5. The van der Waals surface area contributed by atoms with E-state index in [-0.39, 0.29) is 28.9 Å². The highest BCUT2D eigenvalue weighted by molar-refractivity contribution is 6.04. The van der Waals surface area contributed by atoms with Crippen LogP contribution in [0.2, 0.25) is 0 Å². The van der Waals surface area contributed by atoms with Crippen LogP contribution in [-0.2, 0) is 12.7 Å². The van der Waals surface area contributed by atoms with Crippen molar-refractivity contribution in [3.8, 4) is 11.8 Å². The second-order valence-corrected chi connectivity index (χ2v) is 10.4. The van der Waals surface area contributed by atoms with E-state index in [1.165, 1.54) is 24.4 Å². The van der Waals surface area contributed by atoms with Gasteiger partial charge in [-0.1, -0.05) is 25.3 Å². The number of carbonyl (C=O) groups excluding carboxylic acids is 1. The van der Waals surface area contributed by atoms with Crippen LogP contribution in [0.15, 0.2) is 47.7 Å². The quantitative estimate of drug-likeness (QED) is 0.0819. The number of nitrogens with zero attached hydrogens (tertiary/aromatic N) is 5. The predicted octanol–water partition coefficient (Wildman–Crippen LogP) is 4.53. The summed E-state index contributed by atoms with van der Waals surface area (Å²) in [7, 11) is 1.97. The van der Waals surface area contributed by atoms with Gasteiger partial charge in [-0.15, -0.1) is 0 Å². The monoisotopic (exact) mass is 610 g/mol. The van der Waals surface area contributed by atoms with Gasteiger partial charge in [0.2, 0.25) is 5.95 Å². The second kappa shape index (κ2) is 14.8. The van der Waals surface area contributed by atoms with Crippen LogP contribution in [0.5, 0.6) is 0 Å². The summed E-state index contributed by atoms with van der Waals surface area (Å²) >= 11 is 0. The summed E-state index contributed by atoms with van der Waals surface area (Å²) in [4.78, 5) is 31.9. The van der Waals surface area contributed by atoms with Crippen molar-refractivity contribution in [3.05, 3.63) is 82.5 Å². The van der Waals surface area contributed by atoms with Crippen molar-refractivity contribution in [1.82, 2.24) is 24.8 Å². The first-order chi connectivity index (χ1) is 21.0. The Hall–Kier alpha value is -4.54. The van der Waals surface area contributed by atoms with E-state index in [1.54, 1.807) is 12.2 Å². The minimum absolute atomic E-state index is 0.0458. The highest BCUT2D eigenvalue weighted by Crippen LogP contribution is 2.34. The van der Waals surface area contributed by atoms with E-state index in [0.29, 0.717) is 37.0 Å². The van der Waals surface area contributed by atoms with Gasteiger partial charge in [-0.3, -0.25) is 14.7 Å². The summed E-state index contributed by atoms with van der Waals surface area (Å²) in [6.45, 7) is 5.73. The molecule has 2 aromatic heterocycles. The van der Waals surface area contributed by atoms with Crippen LogP contribution < -0.4 is 11.1 Å². The van der Waals surface area contributed by atoms with Gasteiger partial charge in [0.15, 0.2) is 0 Å². The molecule has 0 unspecified atom stereocenters. The van der Waals surface area contributed by atoms with Crippen LogP contribution in [0, 0.1) is 17.8 Å². The lowest BCUT2D eigenvalue weighted by Gasteiger charge is -2.33. The maximum absolute atomic E-state index is 14.4. The van der Waals surface area contributed by atoms with Crippen LogP contribution in [0.1, 0.15) is 58.3 Å². The molecule has 0 atom stereocenters. The number of alkyl halides is 3. The molecule has 44 heavy (non-hydrogen) atoms. The minimum Gasteiger partial charge on any atom is -0.384 e. The number of likely N-dealkylation sites (N-methyl/N-ethyl adjacent to an activating group) is 1. The van der Waals surface area contributed by atoms with Crippen LogP contribution in [-0.4, -0.2) is 76.3 Å². The molecule has 0 aliphatic carbocycles. The van der Waals surface area contributed by atoms with Gasteiger partial charge in [0.05, 0.1) is 22.9 Å². The number of unbranched alkanes of at least 4 members (excludes halogenated alkanes) is 1. The number of hydrogen-bond acceptors (Lipinski definition) is 6. The van der Waals surface area contributed by atoms with E-state index in [0.717, 1.165) is 38.2 Å². The number of rotatable bonds is 9. The van der Waals surface area contributed by atoms with E-state index in [2.05, 4.69) is 48.9 Å². The van der Waals surface area contributed by atoms with Gasteiger partial charge in [0.25, 0.3) is 5.91 Å². The third kappa shape index (κ3) is 9.23. The number of pyridine rings is 1. The number of carbonyl (C=O) groups is 1. The molecule has 1 aliphatic heterocycles. The SMILES string of the molecule is CCCCN=C(N)/C=C\c1ncc(C#Cc2cc(C(=O)Nc3ccc(CN4CCN(C)CC4)c(C(F)(F)F)c3)cnc2F)[nH]1. The minimum atomic E-state index is -4.61. The van der Waals surface area contributed by atoms with Crippen molar-refractivity contribution in [2.45, 2.75) is 32.5 Å². The number of H-pyrrole nitrogens is 1. The molecule has 3 heterocycles. The van der Waals surface area contributed by atoms with E-state index in [9.17, 15) is 22.4 Å². The fourth-order valence-corrected chi connectivity index (χ4v) is 4.37. The average molecular weight is 611 g/mol. The number of aromatic nitrogens is 3. The van der Waals surface area contributed by atoms with Crippen molar-refractivity contribution < 1.29 is 22.4 Å². The number of aliphatic imine (C=N–C) groups is 1. The second-order valence-electron chi connectivity index (χ2n) is 10.4. The van der Waals surface area contributed by atoms with Crippen molar-refractivity contribution in [1.29, 1.82) is 0 Å². The molecular weight excluding hydrogens is 576 g/mol. The molecule has 1 aliphatic rings. The molecule has 1 aromatic carbocycles. The molecule has 3 aromatic rings. The molecule has 0 bridgehead atoms. The number of piperazine rings is 1. The van der Waals surface area contributed by atoms with Gasteiger partial charge in [0.1, 0.15) is 17.4 Å². The Balaban J connectivity index is 1.45. The van der Waals surface area contributed by atoms with E-state index < -0.39 is 23.6 Å². The Morgan fingerprint density at radius 3 is 2.66 bits per heavy atom. The fourth-order valence-electron chi connectivity index (χ4n) is 4.37. The van der Waals surface area contributed by atoms with Crippen molar-refractivity contribution in [2.75, 3.05) is 45.1 Å². The Bertz CT molecular complexity index is 1580. The highest BCUT2D eigenvalue weighted by atomic mass is 19.4. The largest absolute Gasteiger partial charge is 0.416 e. The summed E-state index contributed by atoms with van der Waals surface area (Å²) in [5, 5.41) is 2.46. The lowest BCUT2D eigenvalue weighted by atomic mass is 10.0. The third-order valence-electron chi connectivity index (χ3n) is 6.91. The first-order valence-corrected chi connectivity index (χ1v) is 14.1. The molecule has 9 nitrogen and oxygen atoms in total. The van der Waals surface area contributed by atoms with Crippen molar-refractivity contribution >= 4 is 23.5 Å². The number of halogens is 4. The molecule has 1 fully saturated rings. The van der Waals surface area contributed by atoms with Gasteiger partial charge in [-0.05, 0) is 55.3 Å². The third-order valence-corrected chi connectivity index (χ3v) is 6.91. The van der Waals surface area contributed by atoms with Crippen LogP contribution in [0.3, 0.4) is 0 Å². The molecule has 13 heteroatoms. The van der Waals surface area contributed by atoms with Crippen LogP contribution >= 0.6 is 0 Å². The maximum Gasteiger partial charge on any atom is 0.416 e. The first-order valence-electron chi connectivity index (χ1n) is 14.1. The smallest absolute Gasteiger partial charge is 0.384 e. The summed E-state index contributed by atoms with van der Waals surface area (Å²) in [5.41, 5.74) is 5.23. The summed E-state index contributed by atoms with van der Waals surface area (Å²) in [6, 6.07) is 4.89. The van der Waals surface area contributed by atoms with Gasteiger partial charge in [-0.25, -0.2) is 9.97 Å². The number of amidine groups is 1. The Kier molecular flexibility index (Phi) is 10.9. The van der Waals surface area contributed by atoms with Crippen LogP contribution in [0.4, 0.5) is 23.2 Å². The maximum atomic E-state index is 14.4. The number of benzene rings is 1. The zero-order valence-electron chi connectivity index (χ0n) is 24.5. The van der Waals surface area contributed by atoms with Crippen LogP contribution in [0.25, 0.3) is 6.08 Å². The topological polar surface area (TPSA) is 116 Å². The van der Waals surface area contributed by atoms with Crippen molar-refractivity contribution in [2.24, 2.45) is 10.7 Å². The van der Waals surface area contributed by atoms with Gasteiger partial charge in [0, 0.05) is 51.2 Å². The molecule has 0 radical (unpaired) electrons. The first kappa shape index (κ1) is 32.4. The summed E-state index contributed by atoms with van der Waals surface area (Å²) < 4.78 is 56.2. The summed E-state index contributed by atoms with van der Waals surface area (Å²) in [6.07, 6.45) is 3.02. The molecule has 1 amide bonds. The number of hydrogen-bond donors (Lipinski definition) is 3. The summed E-state index contributed by atoms with van der Waals surface area (Å²) in [5.74, 6) is 4.50. The molecule has 4 rings (SSSR count). The zero-order chi connectivity index (χ0) is 31.7. The molecule has 1 saturated heterocycles. The lowest BCUT2D eigenvalue weighted by molar-refractivity contribution is -0.138. The normalized spacial score (nSPS) is 14.9. The van der Waals surface area contributed by atoms with Gasteiger partial charge >= 0.3 is 6.18 Å². The lowest BCUT2D eigenvalue weighted by Crippen LogP contribution is -2.44. The number of imidazole rings is 1. The Morgan fingerprint density at radius 1 is 1.16 bits per heavy atom. The van der Waals surface area contributed by atoms with E-state index in [1.807, 2.05) is 11.9 Å². The number of amides is 1. The average Bonchev–Trinajstić information content (AvgIpc) is 3.45. The number of nitrogens with one attached hydrogen (secondary N) is 2. The Labute approximate surface area is 253 Å². The fraction of sp³-hybridized carbons (Fsp3) is 0.355. The number of anilines is 1. The molecule has 232 valence electrons. The predicted molar refractivity (Wildman–Crippen MR) is 161 cm³/mol. The highest BCUT2D eigenvalue weighted by Gasteiger charge is 2.34. The molecule has 0 saturated carbocycles. The van der Waals surface area contributed by atoms with Crippen molar-refractivity contribution in [3.63, 3.8) is 0 Å². The van der Waals surface area contributed by atoms with E-state index in [4.69, 9.17) is 5.73 Å². The molecular formula is C31H34F4N8O. The van der Waals surface area contributed by atoms with Gasteiger partial charge < -0.3 is 20.9 Å². The van der Waals surface area contributed by atoms with Gasteiger partial charge in [-0.2, -0.15) is 17.6 Å². The molecule has 0 spiro atoms. The standard InChI is InChI=1S/C31H34F4N8O/c1-3-4-11-37-27(36)9-10-28-38-19-25(40-28)8-5-21-16-23(18-39-29(21)32)30(44)41-24-7-6-22(26(17-24)31(33,34)35)20-43-14-12-42(2)13-15-43/h6-7,9-10,16-19H,3-4,11-15,20H2,1-2H3,(H2,36,37)(H,38,40)(H,41,44)/b10-9-. The molecule has 4 N–H and O–H groups in total. The Morgan fingerprint density at radius 2 is 1.93 bits per heavy atom. The number of aromatic amines is 1.